The summed E-state index contributed by atoms with van der Waals surface area (Å²) in [6.07, 6.45) is 11.8. The van der Waals surface area contributed by atoms with Gasteiger partial charge in [-0.25, -0.2) is 0 Å². The van der Waals surface area contributed by atoms with Crippen molar-refractivity contribution in [1.82, 2.24) is 0 Å². The number of rotatable bonds is 10. The van der Waals surface area contributed by atoms with E-state index in [1.807, 2.05) is 0 Å². The monoisotopic (exact) mass is 214 g/mol. The fraction of sp³-hybridized carbons (Fsp3) is 1.00. The Bertz CT molecular complexity index is 153. The SMILES string of the molecule is CCCCCCCCCC[C@@]1(CO)CO1. The normalized spacial score (nSPS) is 24.4. The molecule has 0 amide bonds. The number of aliphatic hydroxyl groups is 1. The molecule has 0 aromatic rings. The van der Waals surface area contributed by atoms with E-state index in [2.05, 4.69) is 6.92 Å². The summed E-state index contributed by atoms with van der Waals surface area (Å²) < 4.78 is 5.25. The second-order valence-corrected chi connectivity index (χ2v) is 4.85. The van der Waals surface area contributed by atoms with Crippen LogP contribution in [-0.4, -0.2) is 23.9 Å². The topological polar surface area (TPSA) is 32.8 Å². The molecule has 1 saturated heterocycles. The van der Waals surface area contributed by atoms with Crippen LogP contribution in [0.3, 0.4) is 0 Å². The predicted molar refractivity (Wildman–Crippen MR) is 63.0 cm³/mol. The van der Waals surface area contributed by atoms with Crippen LogP contribution in [-0.2, 0) is 4.74 Å². The minimum atomic E-state index is -0.109. The largest absolute Gasteiger partial charge is 0.393 e. The van der Waals surface area contributed by atoms with Crippen LogP contribution < -0.4 is 0 Å². The number of epoxide rings is 1. The smallest absolute Gasteiger partial charge is 0.115 e. The molecule has 1 heterocycles. The van der Waals surface area contributed by atoms with Crippen LogP contribution >= 0.6 is 0 Å². The molecular formula is C13H26O2. The maximum atomic E-state index is 9.03. The van der Waals surface area contributed by atoms with Gasteiger partial charge in [0.2, 0.25) is 0 Å². The van der Waals surface area contributed by atoms with Crippen molar-refractivity contribution >= 4 is 0 Å². The molecule has 1 rings (SSSR count). The van der Waals surface area contributed by atoms with Crippen molar-refractivity contribution in [3.63, 3.8) is 0 Å². The van der Waals surface area contributed by atoms with Crippen molar-refractivity contribution in [3.8, 4) is 0 Å². The molecule has 0 unspecified atom stereocenters. The van der Waals surface area contributed by atoms with E-state index in [-0.39, 0.29) is 12.2 Å². The van der Waals surface area contributed by atoms with Gasteiger partial charge in [0.05, 0.1) is 13.2 Å². The van der Waals surface area contributed by atoms with E-state index in [1.165, 1.54) is 51.4 Å². The lowest BCUT2D eigenvalue weighted by Gasteiger charge is -2.07. The van der Waals surface area contributed by atoms with Crippen molar-refractivity contribution in [2.24, 2.45) is 0 Å². The Morgan fingerprint density at radius 2 is 1.53 bits per heavy atom. The number of aliphatic hydroxyl groups excluding tert-OH is 1. The van der Waals surface area contributed by atoms with Crippen molar-refractivity contribution < 1.29 is 9.84 Å². The maximum Gasteiger partial charge on any atom is 0.115 e. The Balaban J connectivity index is 1.77. The molecular weight excluding hydrogens is 188 g/mol. The summed E-state index contributed by atoms with van der Waals surface area (Å²) in [5, 5.41) is 9.03. The summed E-state index contributed by atoms with van der Waals surface area (Å²) >= 11 is 0. The van der Waals surface area contributed by atoms with Gasteiger partial charge in [0.15, 0.2) is 0 Å². The molecule has 0 aromatic heterocycles. The summed E-state index contributed by atoms with van der Waals surface area (Å²) in [6.45, 7) is 3.24. The van der Waals surface area contributed by atoms with Crippen LogP contribution in [0.1, 0.15) is 64.7 Å². The first kappa shape index (κ1) is 13.0. The van der Waals surface area contributed by atoms with Crippen molar-refractivity contribution in [2.75, 3.05) is 13.2 Å². The van der Waals surface area contributed by atoms with Crippen molar-refractivity contribution in [1.29, 1.82) is 0 Å². The minimum absolute atomic E-state index is 0.109. The molecule has 1 aliphatic heterocycles. The molecule has 2 heteroatoms. The van der Waals surface area contributed by atoms with Crippen LogP contribution in [0.2, 0.25) is 0 Å². The van der Waals surface area contributed by atoms with Crippen LogP contribution in [0.4, 0.5) is 0 Å². The number of hydrogen-bond acceptors (Lipinski definition) is 2. The first-order valence-electron chi connectivity index (χ1n) is 6.58. The standard InChI is InChI=1S/C13H26O2/c1-2-3-4-5-6-7-8-9-10-13(11-14)12-15-13/h14H,2-12H2,1H3/t13-/m1/s1. The van der Waals surface area contributed by atoms with Gasteiger partial charge >= 0.3 is 0 Å². The fourth-order valence-electron chi connectivity index (χ4n) is 2.00. The molecule has 2 nitrogen and oxygen atoms in total. The Kier molecular flexibility index (Phi) is 6.26. The van der Waals surface area contributed by atoms with E-state index in [0.717, 1.165) is 13.0 Å². The lowest BCUT2D eigenvalue weighted by Crippen LogP contribution is -2.15. The first-order chi connectivity index (χ1) is 7.33. The third-order valence-corrected chi connectivity index (χ3v) is 3.33. The highest BCUT2D eigenvalue weighted by Crippen LogP contribution is 2.32. The van der Waals surface area contributed by atoms with Crippen LogP contribution in [0.25, 0.3) is 0 Å². The van der Waals surface area contributed by atoms with Gasteiger partial charge in [0.25, 0.3) is 0 Å². The quantitative estimate of drug-likeness (QED) is 0.447. The van der Waals surface area contributed by atoms with Gasteiger partial charge in [0.1, 0.15) is 5.60 Å². The van der Waals surface area contributed by atoms with Crippen molar-refractivity contribution in [3.05, 3.63) is 0 Å². The summed E-state index contributed by atoms with van der Waals surface area (Å²) in [7, 11) is 0. The van der Waals surface area contributed by atoms with E-state index in [4.69, 9.17) is 9.84 Å². The van der Waals surface area contributed by atoms with Crippen LogP contribution in [0.5, 0.6) is 0 Å². The predicted octanol–water partition coefficient (Wildman–Crippen LogP) is 3.28. The Morgan fingerprint density at radius 1 is 1.00 bits per heavy atom. The van der Waals surface area contributed by atoms with Gasteiger partial charge in [-0.3, -0.25) is 0 Å². The zero-order valence-electron chi connectivity index (χ0n) is 10.1. The Hall–Kier alpha value is -0.0800. The first-order valence-corrected chi connectivity index (χ1v) is 6.58. The lowest BCUT2D eigenvalue weighted by atomic mass is 10.0. The van der Waals surface area contributed by atoms with E-state index in [1.54, 1.807) is 0 Å². The van der Waals surface area contributed by atoms with E-state index >= 15 is 0 Å². The zero-order valence-corrected chi connectivity index (χ0v) is 10.1. The van der Waals surface area contributed by atoms with E-state index in [9.17, 15) is 0 Å². The lowest BCUT2D eigenvalue weighted by molar-refractivity contribution is 0.161. The van der Waals surface area contributed by atoms with Gasteiger partial charge in [-0.05, 0) is 6.42 Å². The molecule has 1 fully saturated rings. The van der Waals surface area contributed by atoms with Gasteiger partial charge in [-0.1, -0.05) is 58.3 Å². The highest BCUT2D eigenvalue weighted by atomic mass is 16.6. The van der Waals surface area contributed by atoms with Gasteiger partial charge < -0.3 is 9.84 Å². The summed E-state index contributed by atoms with van der Waals surface area (Å²) in [6, 6.07) is 0. The second kappa shape index (κ2) is 7.24. The molecule has 0 aliphatic carbocycles. The highest BCUT2D eigenvalue weighted by Gasteiger charge is 2.43. The van der Waals surface area contributed by atoms with E-state index in [0.29, 0.717) is 0 Å². The molecule has 1 aliphatic rings. The molecule has 1 N–H and O–H groups in total. The maximum absolute atomic E-state index is 9.03. The summed E-state index contributed by atoms with van der Waals surface area (Å²) in [4.78, 5) is 0. The van der Waals surface area contributed by atoms with Gasteiger partial charge in [-0.2, -0.15) is 0 Å². The Labute approximate surface area is 94.0 Å². The van der Waals surface area contributed by atoms with Gasteiger partial charge in [-0.15, -0.1) is 0 Å². The second-order valence-electron chi connectivity index (χ2n) is 4.85. The minimum Gasteiger partial charge on any atom is -0.393 e. The molecule has 0 saturated carbocycles. The van der Waals surface area contributed by atoms with Crippen molar-refractivity contribution in [2.45, 2.75) is 70.3 Å². The molecule has 0 aromatic carbocycles. The Morgan fingerprint density at radius 3 is 2.00 bits per heavy atom. The molecule has 0 radical (unpaired) electrons. The summed E-state index contributed by atoms with van der Waals surface area (Å²) in [5.74, 6) is 0. The fourth-order valence-corrected chi connectivity index (χ4v) is 2.00. The number of unbranched alkanes of at least 4 members (excludes halogenated alkanes) is 7. The highest BCUT2D eigenvalue weighted by molar-refractivity contribution is 4.90. The molecule has 1 atom stereocenters. The summed E-state index contributed by atoms with van der Waals surface area (Å²) in [5.41, 5.74) is -0.109. The zero-order chi connectivity index (χ0) is 11.0. The molecule has 15 heavy (non-hydrogen) atoms. The van der Waals surface area contributed by atoms with Crippen LogP contribution in [0.15, 0.2) is 0 Å². The van der Waals surface area contributed by atoms with E-state index < -0.39 is 0 Å². The van der Waals surface area contributed by atoms with Gasteiger partial charge in [0, 0.05) is 0 Å². The molecule has 0 spiro atoms. The molecule has 90 valence electrons. The average Bonchev–Trinajstić information content (AvgIpc) is 3.03. The average molecular weight is 214 g/mol. The molecule has 0 bridgehead atoms. The number of hydrogen-bond donors (Lipinski definition) is 1. The van der Waals surface area contributed by atoms with Crippen LogP contribution in [0, 0.1) is 0 Å². The number of ether oxygens (including phenoxy) is 1. The third-order valence-electron chi connectivity index (χ3n) is 3.33. The third kappa shape index (κ3) is 5.53.